The predicted molar refractivity (Wildman–Crippen MR) is 588 cm³/mol. The summed E-state index contributed by atoms with van der Waals surface area (Å²) in [6.45, 7) is 16.0. The van der Waals surface area contributed by atoms with Crippen LogP contribution >= 0.6 is 0 Å². The van der Waals surface area contributed by atoms with Crippen LogP contribution in [-0.2, 0) is 0 Å². The van der Waals surface area contributed by atoms with Crippen molar-refractivity contribution in [2.75, 3.05) is 0 Å². The summed E-state index contributed by atoms with van der Waals surface area (Å²) >= 11 is 0. The van der Waals surface area contributed by atoms with E-state index in [2.05, 4.69) is 264 Å². The van der Waals surface area contributed by atoms with E-state index in [1.54, 1.807) is 0 Å². The van der Waals surface area contributed by atoms with Gasteiger partial charge in [0.05, 0.1) is 0 Å². The topological polar surface area (TPSA) is 219 Å². The predicted octanol–water partition coefficient (Wildman–Crippen LogP) is 30.6. The maximum Gasteiger partial charge on any atom is 0.164 e. The van der Waals surface area contributed by atoms with Crippen LogP contribution in [0.5, 0.6) is 0 Å². The van der Waals surface area contributed by atoms with Crippen LogP contribution in [0.1, 0.15) is 45.6 Å². The number of aromatic nitrogens is 17. The minimum absolute atomic E-state index is 0.594. The Morgan fingerprint density at radius 1 is 0.0822 bits per heavy atom. The molecule has 0 amide bonds. The van der Waals surface area contributed by atoms with Crippen molar-refractivity contribution >= 4 is 0 Å². The Bertz CT molecular complexity index is 8230. The van der Waals surface area contributed by atoms with Crippen molar-refractivity contribution in [1.82, 2.24) is 84.7 Å². The number of aryl methyl sites for hydroxylation is 8. The molecule has 0 radical (unpaired) electrons. The molecule has 0 atom stereocenters. The first kappa shape index (κ1) is 93.2. The summed E-state index contributed by atoms with van der Waals surface area (Å²) < 4.78 is 0. The number of rotatable bonds is 20. The molecule has 146 heavy (non-hydrogen) atoms. The van der Waals surface area contributed by atoms with Gasteiger partial charge in [0.1, 0.15) is 0 Å². The van der Waals surface area contributed by atoms with Crippen LogP contribution in [0.25, 0.3) is 226 Å². The molecule has 0 aliphatic carbocycles. The lowest BCUT2D eigenvalue weighted by Crippen LogP contribution is -2.00. The van der Waals surface area contributed by atoms with E-state index < -0.39 is 0 Å². The van der Waals surface area contributed by atoms with Crippen molar-refractivity contribution < 1.29 is 0 Å². The minimum Gasteiger partial charge on any atom is -0.233 e. The number of hydrogen-bond donors (Lipinski definition) is 0. The van der Waals surface area contributed by atoms with Crippen LogP contribution in [-0.4, -0.2) is 84.7 Å². The van der Waals surface area contributed by atoms with Gasteiger partial charge in [-0.15, -0.1) is 0 Å². The Hall–Kier alpha value is -19.1. The summed E-state index contributed by atoms with van der Waals surface area (Å²) in [5.74, 6) is 8.51. The molecule has 23 aromatic rings. The summed E-state index contributed by atoms with van der Waals surface area (Å²) in [6, 6.07) is 151. The van der Waals surface area contributed by atoms with Crippen LogP contribution in [0.3, 0.4) is 0 Å². The van der Waals surface area contributed by atoms with Gasteiger partial charge in [0.2, 0.25) is 0 Å². The van der Waals surface area contributed by atoms with Gasteiger partial charge in [-0.25, -0.2) is 84.7 Å². The molecule has 17 nitrogen and oxygen atoms in total. The van der Waals surface area contributed by atoms with Crippen molar-refractivity contribution in [2.45, 2.75) is 55.4 Å². The number of hydrogen-bond acceptors (Lipinski definition) is 17. The zero-order valence-corrected chi connectivity index (χ0v) is 81.7. The second-order valence-corrected chi connectivity index (χ2v) is 36.0. The molecule has 0 spiro atoms. The van der Waals surface area contributed by atoms with E-state index in [9.17, 15) is 0 Å². The van der Waals surface area contributed by atoms with Gasteiger partial charge in [0.25, 0.3) is 0 Å². The van der Waals surface area contributed by atoms with E-state index in [0.717, 1.165) is 208 Å². The maximum atomic E-state index is 5.05. The Morgan fingerprint density at radius 2 is 0.178 bits per heavy atom. The lowest BCUT2D eigenvalue weighted by atomic mass is 9.94. The Balaban J connectivity index is 0.000000129. The SMILES string of the molecule is Cc1cc(C)nc(-c2ccc(-c3cc(-c4ccc(-c5ccccc5)cc4)cc(-c4nc(-c5ccccc5)nc(-c5ccccc5)n4)c3)cc2)n1.Cc1cc(C)nc(-c2ccc(-c3cc(-c4ccc(-c5nc(C)cc(C)n5)cc4)cc(-c4nc(-c5ccccc5)nc(-c5ccccc5)n4)c3)cc2)n1.Cc1cc(C)nc(-c2ccc(-c3cc(-c4ccccc4)cc(-c4nc(-c5ccccc5)nc(-c5ccccc5)n4)c3)cc2)n1. The van der Waals surface area contributed by atoms with E-state index in [1.165, 1.54) is 11.1 Å². The van der Waals surface area contributed by atoms with Crippen LogP contribution in [0.4, 0.5) is 0 Å². The fourth-order valence-electron chi connectivity index (χ4n) is 17.9. The molecule has 0 aliphatic rings. The average molecular weight is 1890 g/mol. The Kier molecular flexibility index (Phi) is 27.1. The van der Waals surface area contributed by atoms with E-state index in [4.69, 9.17) is 44.9 Å². The van der Waals surface area contributed by atoms with Crippen LogP contribution in [0, 0.1) is 55.4 Å². The Labute approximate surface area is 848 Å². The highest BCUT2D eigenvalue weighted by Gasteiger charge is 2.22. The van der Waals surface area contributed by atoms with Gasteiger partial charge in [0.15, 0.2) is 75.7 Å². The summed E-state index contributed by atoms with van der Waals surface area (Å²) in [4.78, 5) is 82.3. The largest absolute Gasteiger partial charge is 0.233 e. The monoisotopic (exact) mass is 1880 g/mol. The third-order valence-corrected chi connectivity index (χ3v) is 24.9. The van der Waals surface area contributed by atoms with E-state index >= 15 is 0 Å². The zero-order chi connectivity index (χ0) is 99.4. The first-order valence-corrected chi connectivity index (χ1v) is 48.5. The molecule has 17 heteroatoms. The molecule has 0 bridgehead atoms. The quantitative estimate of drug-likeness (QED) is 0.0692. The molecular formula is C129H97N17. The summed E-state index contributed by atoms with van der Waals surface area (Å²) in [6.07, 6.45) is 0. The number of benzene rings is 16. The second kappa shape index (κ2) is 42.5. The van der Waals surface area contributed by atoms with Gasteiger partial charge >= 0.3 is 0 Å². The van der Waals surface area contributed by atoms with Crippen molar-refractivity contribution in [2.24, 2.45) is 0 Å². The van der Waals surface area contributed by atoms with Crippen molar-refractivity contribution in [3.63, 3.8) is 0 Å². The maximum absolute atomic E-state index is 5.05. The molecule has 23 rings (SSSR count). The first-order chi connectivity index (χ1) is 71.5. The van der Waals surface area contributed by atoms with Gasteiger partial charge < -0.3 is 0 Å². The summed E-state index contributed by atoms with van der Waals surface area (Å²) in [7, 11) is 0. The standard InChI is InChI=1S/C45H35N7.C45H33N5.C39H29N5/c1-28-23-29(2)47-41(46-28)36-19-15-32(16-20-36)38-25-39(33-17-21-37(22-18-33)42-48-30(3)24-31(4)49-42)27-40(26-38)45-51-43(34-11-7-5-8-12-34)50-44(52-45)35-13-9-6-10-14-35;1-30-26-31(2)47-42(46-30)38-24-22-35(23-25-38)40-27-39(34-20-18-33(19-21-34)32-12-6-3-7-13-32)28-41(29-40)45-49-43(36-14-8-4-9-15-36)48-44(50-45)37-16-10-5-11-17-37;1-26-22-27(2)41-36(40-26)32-20-18-29(19-21-32)34-23-33(28-12-6-3-7-13-28)24-35(25-34)39-43-37(30-14-8-4-9-15-30)42-38(44-39)31-16-10-5-11-17-31/h5-27H,1-4H3;3-29H,1-2H3;3-25H,1-2H3. The highest BCUT2D eigenvalue weighted by Crippen LogP contribution is 2.41. The molecule has 698 valence electrons. The fourth-order valence-corrected chi connectivity index (χ4v) is 17.9. The van der Waals surface area contributed by atoms with Gasteiger partial charge in [-0.3, -0.25) is 0 Å². The van der Waals surface area contributed by atoms with Gasteiger partial charge in [-0.2, -0.15) is 0 Å². The van der Waals surface area contributed by atoms with Crippen molar-refractivity contribution in [1.29, 1.82) is 0 Å². The van der Waals surface area contributed by atoms with Crippen LogP contribution in [0.15, 0.2) is 443 Å². The minimum atomic E-state index is 0.594. The Morgan fingerprint density at radius 3 is 0.336 bits per heavy atom. The molecule has 0 aliphatic heterocycles. The number of nitrogens with zero attached hydrogens (tertiary/aromatic N) is 17. The fraction of sp³-hybridized carbons (Fsp3) is 0.0620. The highest BCUT2D eigenvalue weighted by atomic mass is 15.1. The van der Waals surface area contributed by atoms with Gasteiger partial charge in [-0.1, -0.05) is 364 Å². The molecule has 0 fully saturated rings. The molecule has 0 unspecified atom stereocenters. The highest BCUT2D eigenvalue weighted by molar-refractivity contribution is 5.87. The van der Waals surface area contributed by atoms with Crippen LogP contribution < -0.4 is 0 Å². The lowest BCUT2D eigenvalue weighted by Gasteiger charge is -2.13. The van der Waals surface area contributed by atoms with E-state index in [-0.39, 0.29) is 0 Å². The van der Waals surface area contributed by atoms with E-state index in [0.29, 0.717) is 52.4 Å². The molecule has 0 saturated carbocycles. The lowest BCUT2D eigenvalue weighted by molar-refractivity contribution is 1.06. The van der Waals surface area contributed by atoms with Crippen LogP contribution in [0.2, 0.25) is 0 Å². The second-order valence-electron chi connectivity index (χ2n) is 36.0. The van der Waals surface area contributed by atoms with Gasteiger partial charge in [0, 0.05) is 118 Å². The molecular weight excluding hydrogens is 1790 g/mol. The van der Waals surface area contributed by atoms with Crippen molar-refractivity contribution in [3.8, 4) is 226 Å². The first-order valence-electron chi connectivity index (χ1n) is 48.5. The summed E-state index contributed by atoms with van der Waals surface area (Å²) in [5, 5.41) is 0. The molecule has 0 N–H and O–H groups in total. The summed E-state index contributed by atoms with van der Waals surface area (Å²) in [5.41, 5.74) is 35.0. The zero-order valence-electron chi connectivity index (χ0n) is 81.7. The molecule has 16 aromatic carbocycles. The van der Waals surface area contributed by atoms with E-state index in [1.807, 2.05) is 274 Å². The third kappa shape index (κ3) is 22.0. The van der Waals surface area contributed by atoms with Crippen molar-refractivity contribution in [3.05, 3.63) is 488 Å². The smallest absolute Gasteiger partial charge is 0.164 e. The third-order valence-electron chi connectivity index (χ3n) is 24.9. The normalized spacial score (nSPS) is 11.0. The van der Waals surface area contributed by atoms with Gasteiger partial charge in [-0.05, 0) is 212 Å². The molecule has 7 aromatic heterocycles. The molecule has 7 heterocycles. The average Bonchev–Trinajstić information content (AvgIpc) is 0.785. The molecule has 0 saturated heterocycles.